The molecule has 3 rings (SSSR count). The van der Waals surface area contributed by atoms with Crippen LogP contribution in [0.25, 0.3) is 0 Å². The number of methoxy groups -OCH3 is 2. The maximum absolute atomic E-state index is 13.0. The van der Waals surface area contributed by atoms with Crippen molar-refractivity contribution in [1.29, 1.82) is 0 Å². The zero-order valence-corrected chi connectivity index (χ0v) is 18.8. The van der Waals surface area contributed by atoms with Crippen LogP contribution in [0.2, 0.25) is 5.02 Å². The summed E-state index contributed by atoms with van der Waals surface area (Å²) < 4.78 is 37.3. The largest absolute Gasteiger partial charge is 0.497 e. The van der Waals surface area contributed by atoms with Crippen molar-refractivity contribution in [2.45, 2.75) is 24.2 Å². The number of rotatable bonds is 6. The zero-order chi connectivity index (χ0) is 22.6. The van der Waals surface area contributed by atoms with E-state index in [1.165, 1.54) is 48.9 Å². The monoisotopic (exact) mass is 466 g/mol. The maximum Gasteiger partial charge on any atom is 0.340 e. The maximum atomic E-state index is 13.0. The highest BCUT2D eigenvalue weighted by Crippen LogP contribution is 2.29. The van der Waals surface area contributed by atoms with Gasteiger partial charge in [-0.15, -0.1) is 0 Å². The van der Waals surface area contributed by atoms with E-state index in [-0.39, 0.29) is 26.7 Å². The topological polar surface area (TPSA) is 102 Å². The van der Waals surface area contributed by atoms with Gasteiger partial charge >= 0.3 is 5.97 Å². The van der Waals surface area contributed by atoms with E-state index < -0.39 is 21.9 Å². The van der Waals surface area contributed by atoms with E-state index in [1.54, 1.807) is 6.07 Å². The van der Waals surface area contributed by atoms with Crippen molar-refractivity contribution in [3.63, 3.8) is 0 Å². The third kappa shape index (κ3) is 5.00. The molecular weight excluding hydrogens is 444 g/mol. The van der Waals surface area contributed by atoms with Gasteiger partial charge in [-0.3, -0.25) is 4.79 Å². The Balaban J connectivity index is 1.92. The van der Waals surface area contributed by atoms with E-state index in [4.69, 9.17) is 21.1 Å². The van der Waals surface area contributed by atoms with Gasteiger partial charge in [-0.1, -0.05) is 18.0 Å². The van der Waals surface area contributed by atoms with Crippen LogP contribution < -0.4 is 10.1 Å². The number of halogens is 1. The fraction of sp³-hybridized carbons (Fsp3) is 0.333. The number of sulfonamides is 1. The van der Waals surface area contributed by atoms with Crippen LogP contribution >= 0.6 is 11.6 Å². The summed E-state index contributed by atoms with van der Waals surface area (Å²) >= 11 is 6.17. The van der Waals surface area contributed by atoms with Crippen molar-refractivity contribution in [1.82, 2.24) is 4.31 Å². The third-order valence-electron chi connectivity index (χ3n) is 5.01. The van der Waals surface area contributed by atoms with Crippen LogP contribution in [0.1, 0.15) is 40.0 Å². The first-order chi connectivity index (χ1) is 14.8. The highest BCUT2D eigenvalue weighted by Gasteiger charge is 2.29. The molecule has 0 atom stereocenters. The number of carbonyl (C=O) groups excluding carboxylic acids is 2. The average Bonchev–Trinajstić information content (AvgIpc) is 2.79. The summed E-state index contributed by atoms with van der Waals surface area (Å²) in [6.07, 6.45) is 2.54. The predicted octanol–water partition coefficient (Wildman–Crippen LogP) is 3.56. The molecule has 31 heavy (non-hydrogen) atoms. The minimum absolute atomic E-state index is 0.0434. The SMILES string of the molecule is COC(=O)c1cc(OC)ccc1NC(=O)c1ccc(Cl)c(S(=O)(=O)N2CCCCC2)c1. The fourth-order valence-electron chi connectivity index (χ4n) is 3.32. The van der Waals surface area contributed by atoms with E-state index in [0.717, 1.165) is 19.3 Å². The van der Waals surface area contributed by atoms with E-state index in [0.29, 0.717) is 18.8 Å². The van der Waals surface area contributed by atoms with E-state index >= 15 is 0 Å². The van der Waals surface area contributed by atoms with Crippen molar-refractivity contribution in [3.8, 4) is 5.75 Å². The molecule has 1 N–H and O–H groups in total. The highest BCUT2D eigenvalue weighted by molar-refractivity contribution is 7.89. The molecule has 166 valence electrons. The number of ether oxygens (including phenoxy) is 2. The normalized spacial score (nSPS) is 14.7. The van der Waals surface area contributed by atoms with Gasteiger partial charge in [0.25, 0.3) is 5.91 Å². The number of hydrogen-bond acceptors (Lipinski definition) is 6. The molecule has 0 bridgehead atoms. The van der Waals surface area contributed by atoms with E-state index in [1.807, 2.05) is 0 Å². The quantitative estimate of drug-likeness (QED) is 0.653. The molecule has 0 unspecified atom stereocenters. The summed E-state index contributed by atoms with van der Waals surface area (Å²) in [4.78, 5) is 24.8. The lowest BCUT2D eigenvalue weighted by Gasteiger charge is -2.26. The summed E-state index contributed by atoms with van der Waals surface area (Å²) in [6, 6.07) is 8.58. The lowest BCUT2D eigenvalue weighted by atomic mass is 10.1. The molecule has 0 spiro atoms. The first-order valence-electron chi connectivity index (χ1n) is 9.65. The van der Waals surface area contributed by atoms with Gasteiger partial charge in [0.05, 0.1) is 30.5 Å². The number of piperidine rings is 1. The number of benzene rings is 2. The first kappa shape index (κ1) is 23.1. The molecule has 0 saturated carbocycles. The molecule has 1 fully saturated rings. The Morgan fingerprint density at radius 1 is 1.03 bits per heavy atom. The van der Waals surface area contributed by atoms with Crippen LogP contribution in [-0.4, -0.2) is 51.9 Å². The smallest absolute Gasteiger partial charge is 0.340 e. The Labute approximate surface area is 186 Å². The number of esters is 1. The summed E-state index contributed by atoms with van der Waals surface area (Å²) in [5, 5.41) is 2.67. The van der Waals surface area contributed by atoms with Gasteiger partial charge in [0.1, 0.15) is 10.6 Å². The predicted molar refractivity (Wildman–Crippen MR) is 116 cm³/mol. The summed E-state index contributed by atoms with van der Waals surface area (Å²) in [5.74, 6) is -0.833. The molecule has 1 amide bonds. The summed E-state index contributed by atoms with van der Waals surface area (Å²) in [7, 11) is -1.15. The number of nitrogens with zero attached hydrogens (tertiary/aromatic N) is 1. The standard InChI is InChI=1S/C21H23ClN2O6S/c1-29-15-7-9-18(16(13-15)21(26)30-2)23-20(25)14-6-8-17(22)19(12-14)31(27,28)24-10-4-3-5-11-24/h6-9,12-13H,3-5,10-11H2,1-2H3,(H,23,25). The molecule has 1 aliphatic rings. The molecule has 10 heteroatoms. The molecular formula is C21H23ClN2O6S. The van der Waals surface area contributed by atoms with Crippen LogP contribution in [0.4, 0.5) is 5.69 Å². The molecule has 0 aromatic heterocycles. The molecule has 1 saturated heterocycles. The van der Waals surface area contributed by atoms with Gasteiger partial charge in [0.2, 0.25) is 10.0 Å². The molecule has 2 aromatic carbocycles. The van der Waals surface area contributed by atoms with Crippen molar-refractivity contribution in [2.24, 2.45) is 0 Å². The van der Waals surface area contributed by atoms with Gasteiger partial charge in [-0.05, 0) is 49.2 Å². The van der Waals surface area contributed by atoms with Gasteiger partial charge < -0.3 is 14.8 Å². The summed E-state index contributed by atoms with van der Waals surface area (Å²) in [6.45, 7) is 0.840. The minimum atomic E-state index is -3.83. The van der Waals surface area contributed by atoms with Gasteiger partial charge in [0.15, 0.2) is 0 Å². The fourth-order valence-corrected chi connectivity index (χ4v) is 5.34. The Morgan fingerprint density at radius 2 is 1.74 bits per heavy atom. The Kier molecular flexibility index (Phi) is 7.19. The molecule has 1 aliphatic heterocycles. The number of nitrogens with one attached hydrogen (secondary N) is 1. The lowest BCUT2D eigenvalue weighted by Crippen LogP contribution is -2.35. The van der Waals surface area contributed by atoms with Crippen LogP contribution in [0.3, 0.4) is 0 Å². The Morgan fingerprint density at radius 3 is 2.39 bits per heavy atom. The second kappa shape index (κ2) is 9.67. The van der Waals surface area contributed by atoms with Crippen molar-refractivity contribution in [3.05, 3.63) is 52.5 Å². The Bertz CT molecular complexity index is 1100. The lowest BCUT2D eigenvalue weighted by molar-refractivity contribution is 0.0601. The van der Waals surface area contributed by atoms with Crippen molar-refractivity contribution < 1.29 is 27.5 Å². The second-order valence-corrected chi connectivity index (χ2v) is 9.28. The second-order valence-electron chi connectivity index (χ2n) is 6.97. The van der Waals surface area contributed by atoms with Crippen LogP contribution in [-0.2, 0) is 14.8 Å². The molecule has 0 radical (unpaired) electrons. The molecule has 1 heterocycles. The van der Waals surface area contributed by atoms with Gasteiger partial charge in [-0.2, -0.15) is 4.31 Å². The highest BCUT2D eigenvalue weighted by atomic mass is 35.5. The van der Waals surface area contributed by atoms with Crippen LogP contribution in [0.5, 0.6) is 5.75 Å². The zero-order valence-electron chi connectivity index (χ0n) is 17.2. The average molecular weight is 467 g/mol. The van der Waals surface area contributed by atoms with E-state index in [9.17, 15) is 18.0 Å². The number of amides is 1. The number of hydrogen-bond donors (Lipinski definition) is 1. The van der Waals surface area contributed by atoms with Crippen molar-refractivity contribution in [2.75, 3.05) is 32.6 Å². The number of anilines is 1. The Hall–Kier alpha value is -2.62. The van der Waals surface area contributed by atoms with Crippen LogP contribution in [0, 0.1) is 0 Å². The van der Waals surface area contributed by atoms with Gasteiger partial charge in [-0.25, -0.2) is 13.2 Å². The first-order valence-corrected chi connectivity index (χ1v) is 11.5. The minimum Gasteiger partial charge on any atom is -0.497 e. The van der Waals surface area contributed by atoms with Crippen molar-refractivity contribution >= 4 is 39.2 Å². The van der Waals surface area contributed by atoms with E-state index in [2.05, 4.69) is 5.32 Å². The third-order valence-corrected chi connectivity index (χ3v) is 7.39. The van der Waals surface area contributed by atoms with Gasteiger partial charge in [0, 0.05) is 18.7 Å². The number of carbonyl (C=O) groups is 2. The summed E-state index contributed by atoms with van der Waals surface area (Å²) in [5.41, 5.74) is 0.394. The molecule has 2 aromatic rings. The van der Waals surface area contributed by atoms with Crippen LogP contribution in [0.15, 0.2) is 41.3 Å². The molecule has 0 aliphatic carbocycles. The molecule has 8 nitrogen and oxygen atoms in total.